The van der Waals surface area contributed by atoms with Gasteiger partial charge in [-0.25, -0.2) is 9.59 Å². The van der Waals surface area contributed by atoms with Crippen molar-refractivity contribution in [1.82, 2.24) is 0 Å². The van der Waals surface area contributed by atoms with Crippen LogP contribution in [0.5, 0.6) is 0 Å². The quantitative estimate of drug-likeness (QED) is 0.131. The van der Waals surface area contributed by atoms with E-state index in [9.17, 15) is 19.3 Å². The maximum atomic E-state index is 12.7. The SMILES string of the molecule is CCOC(=O)/C(C(=O)c1ccccc1)=C(\CCCN=O)C(=O)OC. The molecule has 0 aliphatic carbocycles. The van der Waals surface area contributed by atoms with Crippen LogP contribution in [0.1, 0.15) is 30.1 Å². The number of methoxy groups -OCH3 is 1. The fraction of sp³-hybridized carbons (Fsp3) is 0.353. The van der Waals surface area contributed by atoms with E-state index in [1.54, 1.807) is 25.1 Å². The summed E-state index contributed by atoms with van der Waals surface area (Å²) in [5.74, 6) is -2.34. The molecule has 7 heteroatoms. The summed E-state index contributed by atoms with van der Waals surface area (Å²) in [5.41, 5.74) is -0.246. The number of nitroso groups, excluding NO2 is 1. The van der Waals surface area contributed by atoms with Gasteiger partial charge in [-0.15, -0.1) is 0 Å². The number of Topliss-reactive ketones (excluding diaryl/α,β-unsaturated/α-hetero) is 1. The van der Waals surface area contributed by atoms with E-state index in [0.717, 1.165) is 7.11 Å². The van der Waals surface area contributed by atoms with Crippen LogP contribution in [0.15, 0.2) is 46.7 Å². The van der Waals surface area contributed by atoms with Gasteiger partial charge in [-0.2, -0.15) is 4.91 Å². The van der Waals surface area contributed by atoms with Gasteiger partial charge in [0.2, 0.25) is 5.78 Å². The lowest BCUT2D eigenvalue weighted by molar-refractivity contribution is -0.140. The van der Waals surface area contributed by atoms with Crippen molar-refractivity contribution in [3.8, 4) is 0 Å². The average molecular weight is 333 g/mol. The smallest absolute Gasteiger partial charge is 0.342 e. The molecule has 0 aliphatic rings. The summed E-state index contributed by atoms with van der Waals surface area (Å²) in [6, 6.07) is 8.07. The van der Waals surface area contributed by atoms with Crippen molar-refractivity contribution in [1.29, 1.82) is 0 Å². The topological polar surface area (TPSA) is 99.1 Å². The van der Waals surface area contributed by atoms with E-state index in [1.807, 2.05) is 0 Å². The molecule has 0 spiro atoms. The molecule has 128 valence electrons. The maximum absolute atomic E-state index is 12.7. The van der Waals surface area contributed by atoms with Gasteiger partial charge < -0.3 is 9.47 Å². The van der Waals surface area contributed by atoms with Crippen LogP contribution in [-0.2, 0) is 19.1 Å². The third kappa shape index (κ3) is 5.12. The highest BCUT2D eigenvalue weighted by molar-refractivity contribution is 6.27. The van der Waals surface area contributed by atoms with Crippen molar-refractivity contribution in [2.24, 2.45) is 5.18 Å². The highest BCUT2D eigenvalue weighted by Crippen LogP contribution is 2.20. The first kappa shape index (κ1) is 19.2. The third-order valence-electron chi connectivity index (χ3n) is 3.15. The fourth-order valence-corrected chi connectivity index (χ4v) is 2.06. The molecule has 0 unspecified atom stereocenters. The van der Waals surface area contributed by atoms with Crippen LogP contribution in [0.3, 0.4) is 0 Å². The molecule has 1 aromatic carbocycles. The summed E-state index contributed by atoms with van der Waals surface area (Å²) in [6.45, 7) is 1.60. The van der Waals surface area contributed by atoms with Gasteiger partial charge in [0, 0.05) is 5.56 Å². The minimum absolute atomic E-state index is 0.00509. The van der Waals surface area contributed by atoms with Gasteiger partial charge in [-0.3, -0.25) is 4.79 Å². The van der Waals surface area contributed by atoms with Crippen molar-refractivity contribution in [2.75, 3.05) is 20.3 Å². The zero-order chi connectivity index (χ0) is 17.9. The second-order valence-electron chi connectivity index (χ2n) is 4.72. The molecule has 0 fully saturated rings. The number of ketones is 1. The standard InChI is InChI=1S/C17H19NO6/c1-3-24-17(21)14(15(19)12-8-5-4-6-9-12)13(16(20)23-2)10-7-11-18-22/h4-6,8-9H,3,7,10-11H2,1-2H3/b14-13+. The van der Waals surface area contributed by atoms with Gasteiger partial charge in [0.25, 0.3) is 0 Å². The Hall–Kier alpha value is -2.83. The van der Waals surface area contributed by atoms with Crippen LogP contribution in [0, 0.1) is 4.91 Å². The van der Waals surface area contributed by atoms with E-state index in [4.69, 9.17) is 4.74 Å². The number of hydrogen-bond acceptors (Lipinski definition) is 7. The molecule has 0 saturated carbocycles. The number of carbonyl (C=O) groups is 3. The van der Waals surface area contributed by atoms with Crippen molar-refractivity contribution in [3.63, 3.8) is 0 Å². The molecular weight excluding hydrogens is 314 g/mol. The summed E-state index contributed by atoms with van der Waals surface area (Å²) in [7, 11) is 1.15. The monoisotopic (exact) mass is 333 g/mol. The second-order valence-corrected chi connectivity index (χ2v) is 4.72. The predicted octanol–water partition coefficient (Wildman–Crippen LogP) is 2.45. The lowest BCUT2D eigenvalue weighted by Gasteiger charge is -2.12. The zero-order valence-corrected chi connectivity index (χ0v) is 13.6. The molecule has 0 bridgehead atoms. The number of nitrogens with zero attached hydrogens (tertiary/aromatic N) is 1. The summed E-state index contributed by atoms with van der Waals surface area (Å²) in [4.78, 5) is 47.3. The van der Waals surface area contributed by atoms with Crippen LogP contribution in [0.4, 0.5) is 0 Å². The van der Waals surface area contributed by atoms with Gasteiger partial charge >= 0.3 is 11.9 Å². The first-order chi connectivity index (χ1) is 11.6. The lowest BCUT2D eigenvalue weighted by atomic mass is 9.95. The average Bonchev–Trinajstić information content (AvgIpc) is 2.61. The minimum Gasteiger partial charge on any atom is -0.466 e. The normalized spacial score (nSPS) is 11.2. The Kier molecular flexibility index (Phi) is 8.04. The Morgan fingerprint density at radius 3 is 2.29 bits per heavy atom. The van der Waals surface area contributed by atoms with E-state index >= 15 is 0 Å². The van der Waals surface area contributed by atoms with E-state index in [1.165, 1.54) is 12.1 Å². The number of benzene rings is 1. The fourth-order valence-electron chi connectivity index (χ4n) is 2.06. The Labute approximate surface area is 139 Å². The first-order valence-corrected chi connectivity index (χ1v) is 7.44. The van der Waals surface area contributed by atoms with Gasteiger partial charge in [-0.1, -0.05) is 35.5 Å². The Balaban J connectivity index is 3.38. The molecule has 0 heterocycles. The van der Waals surface area contributed by atoms with E-state index in [0.29, 0.717) is 0 Å². The molecule has 7 nitrogen and oxygen atoms in total. The molecule has 0 saturated heterocycles. The summed E-state index contributed by atoms with van der Waals surface area (Å²) in [6.07, 6.45) is 0.212. The number of carbonyl (C=O) groups excluding carboxylic acids is 3. The lowest BCUT2D eigenvalue weighted by Crippen LogP contribution is -2.22. The first-order valence-electron chi connectivity index (χ1n) is 7.44. The summed E-state index contributed by atoms with van der Waals surface area (Å²) >= 11 is 0. The van der Waals surface area contributed by atoms with Crippen molar-refractivity contribution in [2.45, 2.75) is 19.8 Å². The van der Waals surface area contributed by atoms with Crippen LogP contribution in [0.2, 0.25) is 0 Å². The Morgan fingerprint density at radius 2 is 1.75 bits per heavy atom. The van der Waals surface area contributed by atoms with Crippen LogP contribution < -0.4 is 0 Å². The molecule has 0 N–H and O–H groups in total. The van der Waals surface area contributed by atoms with Gasteiger partial charge in [0.05, 0.1) is 25.8 Å². The number of hydrogen-bond donors (Lipinski definition) is 0. The maximum Gasteiger partial charge on any atom is 0.342 e. The Morgan fingerprint density at radius 1 is 1.08 bits per heavy atom. The highest BCUT2D eigenvalue weighted by atomic mass is 16.5. The number of ether oxygens (including phenoxy) is 2. The van der Waals surface area contributed by atoms with Crippen molar-refractivity contribution in [3.05, 3.63) is 51.9 Å². The second kappa shape index (κ2) is 10.0. The third-order valence-corrected chi connectivity index (χ3v) is 3.15. The Bertz CT molecular complexity index is 636. The minimum atomic E-state index is -0.897. The van der Waals surface area contributed by atoms with Gasteiger partial charge in [-0.05, 0) is 19.8 Å². The molecule has 24 heavy (non-hydrogen) atoms. The van der Waals surface area contributed by atoms with Gasteiger partial charge in [0.1, 0.15) is 5.57 Å². The van der Waals surface area contributed by atoms with Crippen LogP contribution in [-0.4, -0.2) is 38.0 Å². The summed E-state index contributed by atoms with van der Waals surface area (Å²) in [5, 5.41) is 2.71. The molecular formula is C17H19NO6. The van der Waals surface area contributed by atoms with Crippen LogP contribution in [0.25, 0.3) is 0 Å². The van der Waals surface area contributed by atoms with E-state index < -0.39 is 17.7 Å². The van der Waals surface area contributed by atoms with Crippen molar-refractivity contribution >= 4 is 17.7 Å². The molecule has 0 aliphatic heterocycles. The van der Waals surface area contributed by atoms with E-state index in [-0.39, 0.29) is 42.7 Å². The molecule has 0 amide bonds. The molecule has 0 atom stereocenters. The number of rotatable bonds is 9. The largest absolute Gasteiger partial charge is 0.466 e. The van der Waals surface area contributed by atoms with Crippen LogP contribution >= 0.6 is 0 Å². The van der Waals surface area contributed by atoms with Gasteiger partial charge in [0.15, 0.2) is 0 Å². The van der Waals surface area contributed by atoms with E-state index in [2.05, 4.69) is 9.91 Å². The van der Waals surface area contributed by atoms with Crippen molar-refractivity contribution < 1.29 is 23.9 Å². The molecule has 1 rings (SSSR count). The molecule has 0 aromatic heterocycles. The number of esters is 2. The molecule has 1 aromatic rings. The zero-order valence-electron chi connectivity index (χ0n) is 13.6. The predicted molar refractivity (Wildman–Crippen MR) is 86.3 cm³/mol. The highest BCUT2D eigenvalue weighted by Gasteiger charge is 2.29. The molecule has 0 radical (unpaired) electrons. The summed E-state index contributed by atoms with van der Waals surface area (Å²) < 4.78 is 9.59.